The first-order valence-electron chi connectivity index (χ1n) is 6.49. The van der Waals surface area contributed by atoms with Crippen molar-refractivity contribution in [2.45, 2.75) is 25.3 Å². The molecular formula is C14H18N4S. The molecule has 100 valence electrons. The Bertz CT molecular complexity index is 559. The Morgan fingerprint density at radius 1 is 1.42 bits per heavy atom. The summed E-state index contributed by atoms with van der Waals surface area (Å²) < 4.78 is 1.91. The molecule has 0 saturated carbocycles. The number of benzene rings is 1. The van der Waals surface area contributed by atoms with E-state index in [0.29, 0.717) is 0 Å². The van der Waals surface area contributed by atoms with Crippen LogP contribution in [0, 0.1) is 13.8 Å². The predicted molar refractivity (Wildman–Crippen MR) is 78.1 cm³/mol. The van der Waals surface area contributed by atoms with Gasteiger partial charge in [0.1, 0.15) is 17.5 Å². The van der Waals surface area contributed by atoms with Gasteiger partial charge in [0.25, 0.3) is 0 Å². The Labute approximate surface area is 117 Å². The molecule has 1 saturated heterocycles. The van der Waals surface area contributed by atoms with E-state index >= 15 is 0 Å². The Hall–Kier alpha value is -1.33. The lowest BCUT2D eigenvalue weighted by molar-refractivity contribution is 0.420. The second-order valence-electron chi connectivity index (χ2n) is 5.01. The van der Waals surface area contributed by atoms with Crippen LogP contribution < -0.4 is 5.32 Å². The Kier molecular flexibility index (Phi) is 3.33. The van der Waals surface area contributed by atoms with Gasteiger partial charge in [0, 0.05) is 12.3 Å². The van der Waals surface area contributed by atoms with Gasteiger partial charge in [0.05, 0.1) is 6.54 Å². The van der Waals surface area contributed by atoms with Crippen LogP contribution in [-0.4, -0.2) is 27.1 Å². The molecule has 5 heteroatoms. The first-order valence-corrected chi connectivity index (χ1v) is 7.47. The van der Waals surface area contributed by atoms with Crippen molar-refractivity contribution in [2.24, 2.45) is 0 Å². The minimum Gasteiger partial charge on any atom is -0.297 e. The molecule has 4 nitrogen and oxygen atoms in total. The maximum atomic E-state index is 4.25. The lowest BCUT2D eigenvalue weighted by Gasteiger charge is -2.30. The first kappa shape index (κ1) is 12.7. The second-order valence-corrected chi connectivity index (χ2v) is 6.41. The first-order chi connectivity index (χ1) is 9.20. The molecule has 1 atom stereocenters. The molecule has 19 heavy (non-hydrogen) atoms. The molecule has 1 aliphatic rings. The van der Waals surface area contributed by atoms with Crippen molar-refractivity contribution in [1.29, 1.82) is 0 Å². The lowest BCUT2D eigenvalue weighted by atomic mass is 9.98. The summed E-state index contributed by atoms with van der Waals surface area (Å²) in [4.78, 5) is 3.96. The second kappa shape index (κ2) is 4.98. The van der Waals surface area contributed by atoms with Crippen LogP contribution in [0.4, 0.5) is 0 Å². The molecule has 0 spiro atoms. The van der Waals surface area contributed by atoms with Crippen LogP contribution in [0.2, 0.25) is 0 Å². The average molecular weight is 274 g/mol. The third kappa shape index (κ3) is 2.40. The van der Waals surface area contributed by atoms with Gasteiger partial charge in [-0.25, -0.2) is 9.67 Å². The number of nitrogens with one attached hydrogen (secondary N) is 1. The smallest absolute Gasteiger partial charge is 0.137 e. The average Bonchev–Trinajstić information content (AvgIpc) is 3.05. The fraction of sp³-hybridized carbons (Fsp3) is 0.429. The molecule has 1 fully saturated rings. The van der Waals surface area contributed by atoms with E-state index in [-0.39, 0.29) is 4.87 Å². The van der Waals surface area contributed by atoms with Crippen LogP contribution in [-0.2, 0) is 11.4 Å². The summed E-state index contributed by atoms with van der Waals surface area (Å²) in [5.74, 6) is 1.13. The Balaban J connectivity index is 2.02. The minimum atomic E-state index is -0.0796. The number of hydrogen-bond donors (Lipinski definition) is 1. The quantitative estimate of drug-likeness (QED) is 0.930. The molecule has 1 unspecified atom stereocenters. The summed E-state index contributed by atoms with van der Waals surface area (Å²) in [6.45, 7) is 6.17. The van der Waals surface area contributed by atoms with Crippen molar-refractivity contribution >= 4 is 11.8 Å². The van der Waals surface area contributed by atoms with Crippen LogP contribution in [0.5, 0.6) is 0 Å². The highest BCUT2D eigenvalue weighted by atomic mass is 32.2. The Morgan fingerprint density at radius 3 is 3.00 bits per heavy atom. The van der Waals surface area contributed by atoms with E-state index in [9.17, 15) is 0 Å². The third-order valence-electron chi connectivity index (χ3n) is 3.54. The van der Waals surface area contributed by atoms with Crippen molar-refractivity contribution in [3.63, 3.8) is 0 Å². The summed E-state index contributed by atoms with van der Waals surface area (Å²) >= 11 is 1.96. The lowest BCUT2D eigenvalue weighted by Crippen LogP contribution is -2.39. The van der Waals surface area contributed by atoms with Gasteiger partial charge in [-0.05, 0) is 25.0 Å². The number of aryl methyl sites for hydroxylation is 2. The van der Waals surface area contributed by atoms with Crippen LogP contribution in [0.15, 0.2) is 30.9 Å². The van der Waals surface area contributed by atoms with Crippen molar-refractivity contribution in [1.82, 2.24) is 20.1 Å². The Morgan fingerprint density at radius 2 is 2.32 bits per heavy atom. The van der Waals surface area contributed by atoms with Gasteiger partial charge in [-0.3, -0.25) is 5.32 Å². The van der Waals surface area contributed by atoms with E-state index < -0.39 is 0 Å². The molecule has 1 aliphatic heterocycles. The maximum absolute atomic E-state index is 4.25. The molecule has 1 aromatic carbocycles. The van der Waals surface area contributed by atoms with Crippen molar-refractivity contribution in [2.75, 3.05) is 12.3 Å². The fourth-order valence-corrected chi connectivity index (χ4v) is 3.96. The van der Waals surface area contributed by atoms with Crippen LogP contribution in [0.3, 0.4) is 0 Å². The zero-order chi connectivity index (χ0) is 13.3. The zero-order valence-electron chi connectivity index (χ0n) is 11.3. The van der Waals surface area contributed by atoms with Gasteiger partial charge in [-0.15, -0.1) is 11.8 Å². The molecule has 2 aromatic rings. The number of thioether (sulfide) groups is 1. The summed E-state index contributed by atoms with van der Waals surface area (Å²) in [5.41, 5.74) is 3.99. The van der Waals surface area contributed by atoms with Gasteiger partial charge in [-0.1, -0.05) is 23.8 Å². The summed E-state index contributed by atoms with van der Waals surface area (Å²) in [6.07, 6.45) is 3.38. The van der Waals surface area contributed by atoms with Crippen LogP contribution in [0.25, 0.3) is 0 Å². The van der Waals surface area contributed by atoms with E-state index in [2.05, 4.69) is 47.4 Å². The summed E-state index contributed by atoms with van der Waals surface area (Å²) in [6, 6.07) is 6.66. The van der Waals surface area contributed by atoms with Crippen molar-refractivity contribution in [3.8, 4) is 0 Å². The zero-order valence-corrected chi connectivity index (χ0v) is 12.1. The highest BCUT2D eigenvalue weighted by Gasteiger charge is 2.38. The molecule has 0 amide bonds. The van der Waals surface area contributed by atoms with Gasteiger partial charge < -0.3 is 0 Å². The minimum absolute atomic E-state index is 0.0796. The number of rotatable bonds is 3. The molecule has 1 aromatic heterocycles. The highest BCUT2D eigenvalue weighted by molar-refractivity contribution is 8.00. The van der Waals surface area contributed by atoms with E-state index in [1.807, 2.05) is 16.4 Å². The van der Waals surface area contributed by atoms with Gasteiger partial charge in [0.2, 0.25) is 0 Å². The number of hydrogen-bond acceptors (Lipinski definition) is 4. The molecular weight excluding hydrogens is 256 g/mol. The third-order valence-corrected chi connectivity index (χ3v) is 4.93. The van der Waals surface area contributed by atoms with Crippen molar-refractivity contribution < 1.29 is 0 Å². The van der Waals surface area contributed by atoms with Gasteiger partial charge in [0.15, 0.2) is 0 Å². The normalized spacial score (nSPS) is 22.8. The molecule has 0 bridgehead atoms. The maximum Gasteiger partial charge on any atom is 0.137 e. The molecule has 3 rings (SSSR count). The van der Waals surface area contributed by atoms with E-state index in [0.717, 1.165) is 18.8 Å². The van der Waals surface area contributed by atoms with E-state index in [1.165, 1.54) is 16.7 Å². The summed E-state index contributed by atoms with van der Waals surface area (Å²) in [7, 11) is 0. The number of aromatic nitrogens is 3. The van der Waals surface area contributed by atoms with E-state index in [4.69, 9.17) is 0 Å². The van der Waals surface area contributed by atoms with Crippen molar-refractivity contribution in [3.05, 3.63) is 47.5 Å². The highest BCUT2D eigenvalue weighted by Crippen LogP contribution is 2.40. The molecule has 0 aliphatic carbocycles. The van der Waals surface area contributed by atoms with Gasteiger partial charge in [-0.2, -0.15) is 5.10 Å². The van der Waals surface area contributed by atoms with E-state index in [1.54, 1.807) is 12.7 Å². The molecule has 2 heterocycles. The fourth-order valence-electron chi connectivity index (χ4n) is 2.60. The topological polar surface area (TPSA) is 42.7 Å². The predicted octanol–water partition coefficient (Wildman–Crippen LogP) is 2.08. The monoisotopic (exact) mass is 274 g/mol. The standard InChI is InChI=1S/C14H18N4S/c1-11-3-4-12(2)13(7-11)14(16-5-6-19-14)8-18-10-15-9-17-18/h3-4,7,9-10,16H,5-6,8H2,1-2H3. The largest absolute Gasteiger partial charge is 0.297 e. The SMILES string of the molecule is Cc1ccc(C)c(C2(Cn3cncn3)NCCS2)c1. The number of nitrogens with zero attached hydrogens (tertiary/aromatic N) is 3. The van der Waals surface area contributed by atoms with Crippen LogP contribution in [0.1, 0.15) is 16.7 Å². The molecule has 0 radical (unpaired) electrons. The van der Waals surface area contributed by atoms with Crippen LogP contribution >= 0.6 is 11.8 Å². The summed E-state index contributed by atoms with van der Waals surface area (Å²) in [5, 5.41) is 7.92. The molecule has 1 N–H and O–H groups in total. The van der Waals surface area contributed by atoms with Gasteiger partial charge >= 0.3 is 0 Å².